The quantitative estimate of drug-likeness (QED) is 0.165. The Kier molecular flexibility index (Phi) is 20.8. The molecule has 194 valence electrons. The number of rotatable bonds is 20. The number of hydrogen-bond donors (Lipinski definition) is 0. The van der Waals surface area contributed by atoms with E-state index in [1.807, 2.05) is 0 Å². The van der Waals surface area contributed by atoms with Gasteiger partial charge in [-0.2, -0.15) is 0 Å². The number of fused-ring (bicyclic) bond motifs is 1. The molecule has 34 heavy (non-hydrogen) atoms. The molecule has 0 saturated carbocycles. The average molecular weight is 470 g/mol. The van der Waals surface area contributed by atoms with Gasteiger partial charge in [-0.1, -0.05) is 135 Å². The van der Waals surface area contributed by atoms with E-state index >= 15 is 0 Å². The molecule has 0 fully saturated rings. The van der Waals surface area contributed by atoms with E-state index in [2.05, 4.69) is 61.4 Å². The number of hydrogen-bond acceptors (Lipinski definition) is 2. The highest BCUT2D eigenvalue weighted by Crippen LogP contribution is 2.15. The molecule has 2 aliphatic heterocycles. The van der Waals surface area contributed by atoms with Crippen molar-refractivity contribution in [2.75, 3.05) is 6.54 Å². The van der Waals surface area contributed by atoms with Gasteiger partial charge in [-0.05, 0) is 31.1 Å². The van der Waals surface area contributed by atoms with Crippen molar-refractivity contribution >= 4 is 5.78 Å². The summed E-state index contributed by atoms with van der Waals surface area (Å²) in [5.41, 5.74) is 1.28. The van der Waals surface area contributed by atoms with E-state index in [9.17, 15) is 4.79 Å². The zero-order valence-corrected chi connectivity index (χ0v) is 22.7. The Morgan fingerprint density at radius 2 is 1.12 bits per heavy atom. The molecule has 0 saturated heterocycles. The summed E-state index contributed by atoms with van der Waals surface area (Å²) in [6.45, 7) is 5.55. The van der Waals surface area contributed by atoms with E-state index in [1.54, 1.807) is 0 Å². The van der Waals surface area contributed by atoms with Crippen LogP contribution in [0.2, 0.25) is 0 Å². The lowest BCUT2D eigenvalue weighted by Crippen LogP contribution is -2.18. The minimum absolute atomic E-state index is 0.515. The number of unbranched alkanes of at least 4 members (excludes halogenated alkanes) is 16. The third-order valence-corrected chi connectivity index (χ3v) is 6.80. The summed E-state index contributed by atoms with van der Waals surface area (Å²) in [6.07, 6.45) is 40.4. The number of Topliss-reactive ketones (excluding diaryl/α,β-unsaturated/α-hetero) is 1. The van der Waals surface area contributed by atoms with Gasteiger partial charge < -0.3 is 4.90 Å². The van der Waals surface area contributed by atoms with Crippen molar-refractivity contribution < 1.29 is 4.79 Å². The summed E-state index contributed by atoms with van der Waals surface area (Å²) in [6, 6.07) is 0. The average Bonchev–Trinajstić information content (AvgIpc) is 2.87. The van der Waals surface area contributed by atoms with Gasteiger partial charge in [-0.25, -0.2) is 0 Å². The van der Waals surface area contributed by atoms with Crippen LogP contribution in [0.1, 0.15) is 142 Å². The smallest absolute Gasteiger partial charge is 0.132 e. The predicted octanol–water partition coefficient (Wildman–Crippen LogP) is 10.2. The fraction of sp³-hybridized carbons (Fsp3) is 0.719. The third-order valence-electron chi connectivity index (χ3n) is 6.80. The van der Waals surface area contributed by atoms with E-state index < -0.39 is 0 Å². The minimum atomic E-state index is 0.515. The van der Waals surface area contributed by atoms with E-state index in [1.165, 1.54) is 108 Å². The molecule has 0 amide bonds. The maximum absolute atomic E-state index is 11.9. The van der Waals surface area contributed by atoms with Crippen molar-refractivity contribution in [1.82, 2.24) is 4.90 Å². The highest BCUT2D eigenvalue weighted by Gasteiger charge is 2.05. The van der Waals surface area contributed by atoms with Crippen LogP contribution in [0.4, 0.5) is 0 Å². The summed E-state index contributed by atoms with van der Waals surface area (Å²) in [5.74, 6) is 0.515. The van der Waals surface area contributed by atoms with Crippen molar-refractivity contribution in [2.45, 2.75) is 142 Å². The van der Waals surface area contributed by atoms with E-state index in [4.69, 9.17) is 0 Å². The van der Waals surface area contributed by atoms with Crippen LogP contribution in [-0.2, 0) is 4.79 Å². The number of ketones is 1. The van der Waals surface area contributed by atoms with Crippen LogP contribution >= 0.6 is 0 Å². The number of carbonyl (C=O) groups excluding carboxylic acids is 1. The highest BCUT2D eigenvalue weighted by atomic mass is 16.1. The van der Waals surface area contributed by atoms with Crippen molar-refractivity contribution in [1.29, 1.82) is 0 Å². The Bertz CT molecular complexity index is 574. The van der Waals surface area contributed by atoms with Crippen molar-refractivity contribution in [3.8, 4) is 0 Å². The first-order chi connectivity index (χ1) is 16.8. The molecule has 0 radical (unpaired) electrons. The molecule has 0 atom stereocenters. The Morgan fingerprint density at radius 1 is 0.647 bits per heavy atom. The molecule has 2 heterocycles. The molecule has 0 N–H and O–H groups in total. The largest absolute Gasteiger partial charge is 0.344 e. The summed E-state index contributed by atoms with van der Waals surface area (Å²) < 4.78 is 0. The molecule has 0 bridgehead atoms. The standard InChI is InChI=1S/C23H46O.C9H9N/c1-3-5-7-9-11-13-15-17-19-21-23(24)22-20-18-16-14-12-10-8-6-4-2;1-3-7-10-8-4-2-6-9(10)5-1/h3-22H2,1-2H3;1-7H,8H2. The second kappa shape index (κ2) is 23.2. The normalized spacial score (nSPS) is 13.9. The number of allylic oxidation sites excluding steroid dienone is 5. The second-order valence-corrected chi connectivity index (χ2v) is 10.1. The monoisotopic (exact) mass is 469 g/mol. The van der Waals surface area contributed by atoms with Crippen LogP contribution in [0, 0.1) is 0 Å². The Hall–Kier alpha value is -1.57. The van der Waals surface area contributed by atoms with Crippen LogP contribution in [0.15, 0.2) is 48.4 Å². The van der Waals surface area contributed by atoms with Gasteiger partial charge in [-0.15, -0.1) is 0 Å². The first-order valence-electron chi connectivity index (χ1n) is 14.8. The first kappa shape index (κ1) is 30.5. The fourth-order valence-corrected chi connectivity index (χ4v) is 4.54. The van der Waals surface area contributed by atoms with Gasteiger partial charge in [0.1, 0.15) is 5.78 Å². The Labute approximate surface area is 212 Å². The van der Waals surface area contributed by atoms with E-state index in [-0.39, 0.29) is 0 Å². The third kappa shape index (κ3) is 17.8. The van der Waals surface area contributed by atoms with Crippen molar-refractivity contribution in [3.05, 3.63) is 48.4 Å². The minimum Gasteiger partial charge on any atom is -0.344 e. The topological polar surface area (TPSA) is 20.3 Å². The zero-order chi connectivity index (χ0) is 24.5. The summed E-state index contributed by atoms with van der Waals surface area (Å²) in [4.78, 5) is 14.1. The highest BCUT2D eigenvalue weighted by molar-refractivity contribution is 5.78. The zero-order valence-electron chi connectivity index (χ0n) is 22.7. The van der Waals surface area contributed by atoms with Gasteiger partial charge in [-0.3, -0.25) is 4.79 Å². The molecule has 2 nitrogen and oxygen atoms in total. The predicted molar refractivity (Wildman–Crippen MR) is 151 cm³/mol. The van der Waals surface area contributed by atoms with Crippen LogP contribution in [0.25, 0.3) is 0 Å². The summed E-state index contributed by atoms with van der Waals surface area (Å²) in [7, 11) is 0. The molecule has 2 heteroatoms. The fourth-order valence-electron chi connectivity index (χ4n) is 4.54. The van der Waals surface area contributed by atoms with E-state index in [0.717, 1.165) is 32.2 Å². The van der Waals surface area contributed by atoms with Gasteiger partial charge in [0.05, 0.1) is 0 Å². The maximum Gasteiger partial charge on any atom is 0.132 e. The van der Waals surface area contributed by atoms with Gasteiger partial charge in [0.2, 0.25) is 0 Å². The van der Waals surface area contributed by atoms with Crippen LogP contribution in [-0.4, -0.2) is 17.2 Å². The summed E-state index contributed by atoms with van der Waals surface area (Å²) in [5, 5.41) is 0. The molecule has 0 aromatic rings. The first-order valence-corrected chi connectivity index (χ1v) is 14.8. The number of nitrogens with zero attached hydrogens (tertiary/aromatic N) is 1. The van der Waals surface area contributed by atoms with Crippen LogP contribution < -0.4 is 0 Å². The molecule has 0 aliphatic carbocycles. The molecule has 0 aromatic carbocycles. The van der Waals surface area contributed by atoms with Crippen molar-refractivity contribution in [2.24, 2.45) is 0 Å². The van der Waals surface area contributed by atoms with Gasteiger partial charge in [0.25, 0.3) is 0 Å². The molecule has 0 aromatic heterocycles. The Balaban J connectivity index is 0.000000469. The molecule has 0 unspecified atom stereocenters. The number of carbonyl (C=O) groups is 1. The van der Waals surface area contributed by atoms with Gasteiger partial charge in [0, 0.05) is 31.3 Å². The lowest BCUT2D eigenvalue weighted by molar-refractivity contribution is -0.119. The lowest BCUT2D eigenvalue weighted by atomic mass is 10.0. The molecule has 2 rings (SSSR count). The van der Waals surface area contributed by atoms with Gasteiger partial charge >= 0.3 is 0 Å². The SMILES string of the molecule is C1=CCN2C=CC=CC2=C1.CCCCCCCCCCCC(=O)CCCCCCCCCCC. The Morgan fingerprint density at radius 3 is 1.59 bits per heavy atom. The van der Waals surface area contributed by atoms with Gasteiger partial charge in [0.15, 0.2) is 0 Å². The van der Waals surface area contributed by atoms with E-state index in [0.29, 0.717) is 5.78 Å². The second-order valence-electron chi connectivity index (χ2n) is 10.1. The molecule has 2 aliphatic rings. The molecular weight excluding hydrogens is 414 g/mol. The summed E-state index contributed by atoms with van der Waals surface area (Å²) >= 11 is 0. The lowest BCUT2D eigenvalue weighted by Gasteiger charge is -2.23. The van der Waals surface area contributed by atoms with Crippen LogP contribution in [0.5, 0.6) is 0 Å². The maximum atomic E-state index is 11.9. The molecular formula is C32H55NO. The molecule has 0 spiro atoms. The van der Waals surface area contributed by atoms with Crippen LogP contribution in [0.3, 0.4) is 0 Å². The van der Waals surface area contributed by atoms with Crippen molar-refractivity contribution in [3.63, 3.8) is 0 Å².